The number of esters is 1. The van der Waals surface area contributed by atoms with Crippen molar-refractivity contribution in [1.29, 1.82) is 0 Å². The minimum absolute atomic E-state index is 0.0926. The number of hydrogen-bond donors (Lipinski definition) is 3. The molecule has 3 amide bonds. The van der Waals surface area contributed by atoms with Crippen molar-refractivity contribution >= 4 is 63.6 Å². The number of methoxy groups -OCH3 is 1. The van der Waals surface area contributed by atoms with Crippen LogP contribution in [0.2, 0.25) is 0 Å². The van der Waals surface area contributed by atoms with E-state index in [0.29, 0.717) is 27.7 Å². The number of ether oxygens (including phenoxy) is 1. The van der Waals surface area contributed by atoms with Crippen LogP contribution in [0.3, 0.4) is 0 Å². The topological polar surface area (TPSA) is 114 Å². The highest BCUT2D eigenvalue weighted by atomic mass is 32.2. The van der Waals surface area contributed by atoms with Gasteiger partial charge in [-0.1, -0.05) is 75.2 Å². The van der Waals surface area contributed by atoms with Gasteiger partial charge in [-0.25, -0.2) is 4.79 Å². The maximum Gasteiger partial charge on any atom is 0.341 e. The van der Waals surface area contributed by atoms with E-state index in [1.54, 1.807) is 48.5 Å². The fourth-order valence-corrected chi connectivity index (χ4v) is 7.63. The molecular weight excluding hydrogens is 655 g/mol. The van der Waals surface area contributed by atoms with Gasteiger partial charge in [0.2, 0.25) is 5.91 Å². The monoisotopic (exact) mass is 695 g/mol. The second-order valence-electron chi connectivity index (χ2n) is 12.1. The summed E-state index contributed by atoms with van der Waals surface area (Å²) in [6, 6.07) is 23.7. The molecule has 4 aromatic rings. The Labute approximate surface area is 295 Å². The van der Waals surface area contributed by atoms with Crippen LogP contribution in [0.15, 0.2) is 89.5 Å². The SMILES string of the molecule is COC(=O)c1c(NC(=O)CSc2cccc(NC(=O)/C(=C\c3ccc(C(C)C)cc3)NC(=O)c3ccccc3)c2)sc2c1CCCCCC2. The van der Waals surface area contributed by atoms with Crippen LogP contribution in [-0.4, -0.2) is 36.6 Å². The molecule has 0 spiro atoms. The van der Waals surface area contributed by atoms with Crippen molar-refractivity contribution in [1.82, 2.24) is 5.32 Å². The van der Waals surface area contributed by atoms with Crippen LogP contribution in [0.4, 0.5) is 10.7 Å². The summed E-state index contributed by atoms with van der Waals surface area (Å²) in [6.07, 6.45) is 7.70. The Balaban J connectivity index is 1.27. The van der Waals surface area contributed by atoms with E-state index in [0.717, 1.165) is 59.4 Å². The first-order valence-electron chi connectivity index (χ1n) is 16.5. The van der Waals surface area contributed by atoms with E-state index in [4.69, 9.17) is 4.74 Å². The number of carbonyl (C=O) groups excluding carboxylic acids is 4. The van der Waals surface area contributed by atoms with Crippen LogP contribution in [0.5, 0.6) is 0 Å². The summed E-state index contributed by atoms with van der Waals surface area (Å²) in [5, 5.41) is 9.18. The Morgan fingerprint density at radius 3 is 2.33 bits per heavy atom. The van der Waals surface area contributed by atoms with Gasteiger partial charge in [0.05, 0.1) is 18.4 Å². The van der Waals surface area contributed by atoms with Crippen molar-refractivity contribution in [2.75, 3.05) is 23.5 Å². The largest absolute Gasteiger partial charge is 0.465 e. The zero-order valence-corrected chi connectivity index (χ0v) is 29.6. The Hall–Kier alpha value is -4.67. The number of hydrogen-bond acceptors (Lipinski definition) is 7. The minimum atomic E-state index is -0.485. The zero-order valence-electron chi connectivity index (χ0n) is 28.0. The molecule has 8 nitrogen and oxygen atoms in total. The summed E-state index contributed by atoms with van der Waals surface area (Å²) >= 11 is 2.78. The molecule has 0 aliphatic heterocycles. The van der Waals surface area contributed by atoms with E-state index in [9.17, 15) is 19.2 Å². The lowest BCUT2D eigenvalue weighted by Gasteiger charge is -2.13. The molecule has 1 heterocycles. The molecule has 0 radical (unpaired) electrons. The highest BCUT2D eigenvalue weighted by Crippen LogP contribution is 2.38. The lowest BCUT2D eigenvalue weighted by molar-refractivity contribution is -0.114. The quantitative estimate of drug-likeness (QED) is 0.0825. The number of anilines is 2. The van der Waals surface area contributed by atoms with Crippen LogP contribution in [0.25, 0.3) is 6.08 Å². The van der Waals surface area contributed by atoms with Crippen molar-refractivity contribution in [2.24, 2.45) is 0 Å². The van der Waals surface area contributed by atoms with E-state index < -0.39 is 17.8 Å². The van der Waals surface area contributed by atoms with Gasteiger partial charge in [-0.2, -0.15) is 0 Å². The van der Waals surface area contributed by atoms with Gasteiger partial charge in [-0.15, -0.1) is 23.1 Å². The fourth-order valence-electron chi connectivity index (χ4n) is 5.59. The smallest absolute Gasteiger partial charge is 0.341 e. The van der Waals surface area contributed by atoms with Gasteiger partial charge < -0.3 is 20.7 Å². The minimum Gasteiger partial charge on any atom is -0.465 e. The Kier molecular flexibility index (Phi) is 12.5. The number of nitrogens with one attached hydrogen (secondary N) is 3. The molecule has 5 rings (SSSR count). The molecule has 1 aromatic heterocycles. The van der Waals surface area contributed by atoms with E-state index in [1.165, 1.54) is 35.8 Å². The maximum atomic E-state index is 13.6. The van der Waals surface area contributed by atoms with Gasteiger partial charge in [-0.05, 0) is 84.7 Å². The summed E-state index contributed by atoms with van der Waals surface area (Å²) in [6.45, 7) is 4.22. The van der Waals surface area contributed by atoms with E-state index >= 15 is 0 Å². The average Bonchev–Trinajstić information content (AvgIpc) is 3.42. The Bertz CT molecular complexity index is 1830. The molecule has 49 heavy (non-hydrogen) atoms. The summed E-state index contributed by atoms with van der Waals surface area (Å²) < 4.78 is 5.09. The maximum absolute atomic E-state index is 13.6. The second-order valence-corrected chi connectivity index (χ2v) is 14.3. The van der Waals surface area contributed by atoms with Crippen molar-refractivity contribution in [2.45, 2.75) is 63.2 Å². The van der Waals surface area contributed by atoms with Crippen molar-refractivity contribution in [3.05, 3.63) is 117 Å². The number of thioether (sulfide) groups is 1. The molecule has 0 unspecified atom stereocenters. The van der Waals surface area contributed by atoms with Crippen LogP contribution in [0, 0.1) is 0 Å². The lowest BCUT2D eigenvalue weighted by Crippen LogP contribution is -2.30. The van der Waals surface area contributed by atoms with Gasteiger partial charge in [-0.3, -0.25) is 14.4 Å². The Morgan fingerprint density at radius 1 is 0.878 bits per heavy atom. The van der Waals surface area contributed by atoms with Crippen LogP contribution < -0.4 is 16.0 Å². The van der Waals surface area contributed by atoms with E-state index in [2.05, 4.69) is 29.8 Å². The van der Waals surface area contributed by atoms with Gasteiger partial charge in [0.15, 0.2) is 0 Å². The predicted octanol–water partition coefficient (Wildman–Crippen LogP) is 8.46. The van der Waals surface area contributed by atoms with E-state index in [-0.39, 0.29) is 17.4 Å². The third-order valence-corrected chi connectivity index (χ3v) is 10.4. The van der Waals surface area contributed by atoms with Gasteiger partial charge >= 0.3 is 5.97 Å². The first kappa shape index (κ1) is 35.6. The van der Waals surface area contributed by atoms with Crippen LogP contribution >= 0.6 is 23.1 Å². The number of amides is 3. The fraction of sp³-hybridized carbons (Fsp3) is 0.282. The van der Waals surface area contributed by atoms with Crippen molar-refractivity contribution < 1.29 is 23.9 Å². The Morgan fingerprint density at radius 2 is 1.61 bits per heavy atom. The average molecular weight is 696 g/mol. The van der Waals surface area contributed by atoms with Gasteiger partial charge in [0.1, 0.15) is 10.7 Å². The summed E-state index contributed by atoms with van der Waals surface area (Å²) in [5.74, 6) is -1.08. The molecule has 0 saturated heterocycles. The van der Waals surface area contributed by atoms with Crippen LogP contribution in [0.1, 0.15) is 87.7 Å². The molecule has 3 aromatic carbocycles. The van der Waals surface area contributed by atoms with Crippen LogP contribution in [-0.2, 0) is 27.2 Å². The zero-order chi connectivity index (χ0) is 34.8. The number of rotatable bonds is 11. The second kappa shape index (κ2) is 17.1. The number of carbonyl (C=O) groups is 4. The van der Waals surface area contributed by atoms with Gasteiger partial charge in [0.25, 0.3) is 11.8 Å². The molecule has 0 fully saturated rings. The highest BCUT2D eigenvalue weighted by molar-refractivity contribution is 8.00. The molecule has 10 heteroatoms. The number of thiophene rings is 1. The molecule has 1 aliphatic rings. The normalized spacial score (nSPS) is 13.1. The summed E-state index contributed by atoms with van der Waals surface area (Å²) in [5.41, 5.74) is 4.46. The number of benzene rings is 3. The molecule has 0 bridgehead atoms. The highest BCUT2D eigenvalue weighted by Gasteiger charge is 2.26. The number of fused-ring (bicyclic) bond motifs is 1. The standard InChI is InChI=1S/C39H41N3O5S2/c1-25(2)27-20-18-26(19-21-27)22-32(41-36(44)28-12-7-6-8-13-28)37(45)40-29-14-11-15-30(23-29)48-24-34(43)42-38-35(39(46)47-3)31-16-9-4-5-10-17-33(31)49-38/h6-8,11-15,18-23,25H,4-5,9-10,16-17,24H2,1-3H3,(H,40,45)(H,41,44)(H,42,43)/b32-22+. The molecular formula is C39H41N3O5S2. The lowest BCUT2D eigenvalue weighted by atomic mass is 9.96. The molecule has 0 saturated carbocycles. The molecule has 254 valence electrons. The third kappa shape index (κ3) is 9.70. The summed E-state index contributed by atoms with van der Waals surface area (Å²) in [4.78, 5) is 54.4. The number of aryl methyl sites for hydroxylation is 1. The first-order chi connectivity index (χ1) is 23.7. The van der Waals surface area contributed by atoms with E-state index in [1.807, 2.05) is 36.4 Å². The molecule has 0 atom stereocenters. The molecule has 1 aliphatic carbocycles. The van der Waals surface area contributed by atoms with Crippen molar-refractivity contribution in [3.8, 4) is 0 Å². The summed E-state index contributed by atoms with van der Waals surface area (Å²) in [7, 11) is 1.36. The van der Waals surface area contributed by atoms with Crippen molar-refractivity contribution in [3.63, 3.8) is 0 Å². The van der Waals surface area contributed by atoms with Gasteiger partial charge in [0, 0.05) is 21.0 Å². The first-order valence-corrected chi connectivity index (χ1v) is 18.3. The third-order valence-electron chi connectivity index (χ3n) is 8.22. The predicted molar refractivity (Wildman–Crippen MR) is 198 cm³/mol. The molecule has 3 N–H and O–H groups in total.